The molecule has 0 spiro atoms. The monoisotopic (exact) mass is 418 g/mol. The quantitative estimate of drug-likeness (QED) is 0.410. The van der Waals surface area contributed by atoms with Gasteiger partial charge in [-0.05, 0) is 17.7 Å². The lowest BCUT2D eigenvalue weighted by molar-refractivity contribution is -0.137. The molecule has 7 N–H and O–H groups in total. The van der Waals surface area contributed by atoms with Crippen LogP contribution in [0.5, 0.6) is 0 Å². The zero-order valence-electron chi connectivity index (χ0n) is 15.0. The van der Waals surface area contributed by atoms with Crippen LogP contribution < -0.4 is 11.5 Å². The van der Waals surface area contributed by atoms with Crippen molar-refractivity contribution in [2.45, 2.75) is 36.8 Å². The Morgan fingerprint density at radius 2 is 1.86 bits per heavy atom. The Hall–Kier alpha value is -2.54. The van der Waals surface area contributed by atoms with Gasteiger partial charge in [-0.25, -0.2) is 0 Å². The van der Waals surface area contributed by atoms with E-state index in [1.54, 1.807) is 0 Å². The number of alkyl halides is 3. The van der Waals surface area contributed by atoms with Crippen molar-refractivity contribution in [3.63, 3.8) is 0 Å². The number of primary amides is 1. The molecule has 0 bridgehead atoms. The predicted molar refractivity (Wildman–Crippen MR) is 92.0 cm³/mol. The van der Waals surface area contributed by atoms with Crippen molar-refractivity contribution >= 4 is 5.91 Å². The van der Waals surface area contributed by atoms with Gasteiger partial charge in [-0.1, -0.05) is 12.1 Å². The van der Waals surface area contributed by atoms with Crippen molar-refractivity contribution in [2.75, 3.05) is 13.3 Å². The fourth-order valence-corrected chi connectivity index (χ4v) is 3.44. The molecule has 12 heteroatoms. The lowest BCUT2D eigenvalue weighted by Gasteiger charge is -2.32. The van der Waals surface area contributed by atoms with Gasteiger partial charge in [-0.3, -0.25) is 4.79 Å². The fraction of sp³-hybridized carbons (Fsp3) is 0.471. The Kier molecular flexibility index (Phi) is 5.63. The van der Waals surface area contributed by atoms with Gasteiger partial charge in [0.05, 0.1) is 18.8 Å². The van der Waals surface area contributed by atoms with E-state index < -0.39 is 54.8 Å². The summed E-state index contributed by atoms with van der Waals surface area (Å²) in [5.41, 5.74) is 10.8. The number of ether oxygens (including phenoxy) is 1. The van der Waals surface area contributed by atoms with Crippen molar-refractivity contribution < 1.29 is 38.0 Å². The van der Waals surface area contributed by atoms with Crippen LogP contribution in [0.15, 0.2) is 36.3 Å². The summed E-state index contributed by atoms with van der Waals surface area (Å²) in [4.78, 5) is 14.8. The van der Waals surface area contributed by atoms with E-state index in [0.717, 1.165) is 24.3 Å². The molecular formula is C17H21F3N4O5. The molecule has 1 unspecified atom stereocenters. The van der Waals surface area contributed by atoms with Crippen LogP contribution in [0.25, 0.3) is 0 Å². The van der Waals surface area contributed by atoms with Crippen molar-refractivity contribution in [3.8, 4) is 0 Å². The predicted octanol–water partition coefficient (Wildman–Crippen LogP) is -0.996. The van der Waals surface area contributed by atoms with E-state index >= 15 is 0 Å². The number of hydrogen-bond acceptors (Lipinski definition) is 8. The summed E-state index contributed by atoms with van der Waals surface area (Å²) in [6.07, 6.45) is -7.99. The van der Waals surface area contributed by atoms with Gasteiger partial charge in [0, 0.05) is 6.20 Å². The first kappa shape index (κ1) is 21.2. The molecule has 2 aliphatic rings. The Morgan fingerprint density at radius 1 is 1.24 bits per heavy atom. The average molecular weight is 418 g/mol. The number of nitrogens with two attached hydrogens (primary N) is 2. The summed E-state index contributed by atoms with van der Waals surface area (Å²) in [6.45, 7) is -0.613. The molecule has 1 fully saturated rings. The standard InChI is InChI=1S/C17H21F3N4O5/c18-17(19,20)9-3-1-8(2-4-9)12(15(22)28)23-5-11(21)24(7-23)16-14(27)13(26)10(6-25)29-16/h1-5,10,12-14,16,25-27H,6-7,21H2,(H2,22,28)/t10-,12?,13-,14-,16-/m1/s1. The van der Waals surface area contributed by atoms with E-state index in [-0.39, 0.29) is 18.1 Å². The Labute approximate surface area is 163 Å². The minimum atomic E-state index is -4.52. The lowest BCUT2D eigenvalue weighted by Crippen LogP contribution is -2.46. The molecule has 9 nitrogen and oxygen atoms in total. The highest BCUT2D eigenvalue weighted by Gasteiger charge is 2.47. The molecule has 0 aromatic heterocycles. The summed E-state index contributed by atoms with van der Waals surface area (Å²) >= 11 is 0. The van der Waals surface area contributed by atoms with Gasteiger partial charge in [-0.15, -0.1) is 0 Å². The normalized spacial score (nSPS) is 28.6. The zero-order chi connectivity index (χ0) is 21.5. The number of carbonyl (C=O) groups is 1. The van der Waals surface area contributed by atoms with Crippen molar-refractivity contribution in [3.05, 3.63) is 47.4 Å². The van der Waals surface area contributed by atoms with Crippen molar-refractivity contribution in [1.29, 1.82) is 0 Å². The van der Waals surface area contributed by atoms with Crippen molar-refractivity contribution in [1.82, 2.24) is 9.80 Å². The Balaban J connectivity index is 1.81. The third-order valence-corrected chi connectivity index (χ3v) is 4.92. The van der Waals surface area contributed by atoms with Crippen LogP contribution in [0.3, 0.4) is 0 Å². The molecule has 3 rings (SSSR count). The molecule has 2 heterocycles. The molecule has 29 heavy (non-hydrogen) atoms. The second-order valence-electron chi connectivity index (χ2n) is 6.83. The molecule has 1 aromatic carbocycles. The molecule has 0 radical (unpaired) electrons. The van der Waals surface area contributed by atoms with Crippen LogP contribution in [-0.2, 0) is 15.7 Å². The summed E-state index contributed by atoms with van der Waals surface area (Å²) < 4.78 is 43.7. The van der Waals surface area contributed by atoms with E-state index in [1.807, 2.05) is 0 Å². The summed E-state index contributed by atoms with van der Waals surface area (Å²) in [7, 11) is 0. The molecule has 1 amide bonds. The van der Waals surface area contributed by atoms with E-state index in [4.69, 9.17) is 16.2 Å². The van der Waals surface area contributed by atoms with Crippen LogP contribution >= 0.6 is 0 Å². The fourth-order valence-electron chi connectivity index (χ4n) is 3.44. The third-order valence-electron chi connectivity index (χ3n) is 4.92. The van der Waals surface area contributed by atoms with Crippen LogP contribution in [0.4, 0.5) is 13.2 Å². The second-order valence-corrected chi connectivity index (χ2v) is 6.83. The maximum absolute atomic E-state index is 12.8. The minimum Gasteiger partial charge on any atom is -0.394 e. The highest BCUT2D eigenvalue weighted by atomic mass is 19.4. The SMILES string of the molecule is NC(=O)C(c1ccc(C(F)(F)F)cc1)N1C=C(N)N([C@@H]2O[C@H](CO)[C@@H](O)[C@H]2O)C1. The third kappa shape index (κ3) is 3.96. The summed E-state index contributed by atoms with van der Waals surface area (Å²) in [5, 5.41) is 29.3. The summed E-state index contributed by atoms with van der Waals surface area (Å²) in [5.74, 6) is -0.741. The number of aliphatic hydroxyl groups excluding tert-OH is 3. The van der Waals surface area contributed by atoms with Gasteiger partial charge in [0.25, 0.3) is 0 Å². The maximum Gasteiger partial charge on any atom is 0.416 e. The first-order valence-electron chi connectivity index (χ1n) is 8.63. The number of amides is 1. The largest absolute Gasteiger partial charge is 0.416 e. The second kappa shape index (κ2) is 7.71. The molecule has 2 aliphatic heterocycles. The first-order valence-corrected chi connectivity index (χ1v) is 8.63. The van der Waals surface area contributed by atoms with Gasteiger partial charge < -0.3 is 41.3 Å². The number of benzene rings is 1. The highest BCUT2D eigenvalue weighted by Crippen LogP contribution is 2.34. The highest BCUT2D eigenvalue weighted by molar-refractivity contribution is 5.81. The lowest BCUT2D eigenvalue weighted by atomic mass is 10.0. The first-order chi connectivity index (χ1) is 13.5. The van der Waals surface area contributed by atoms with E-state index in [2.05, 4.69) is 0 Å². The minimum absolute atomic E-state index is 0.0815. The Morgan fingerprint density at radius 3 is 2.34 bits per heavy atom. The topological polar surface area (TPSA) is 146 Å². The number of halogens is 3. The van der Waals surface area contributed by atoms with E-state index in [9.17, 15) is 33.3 Å². The molecule has 0 saturated carbocycles. The average Bonchev–Trinajstić information content (AvgIpc) is 3.15. The molecule has 5 atom stereocenters. The summed E-state index contributed by atoms with van der Waals surface area (Å²) in [6, 6.07) is 2.86. The number of carbonyl (C=O) groups excluding carboxylic acids is 1. The van der Waals surface area contributed by atoms with E-state index in [1.165, 1.54) is 16.0 Å². The molecule has 1 saturated heterocycles. The maximum atomic E-state index is 12.8. The van der Waals surface area contributed by atoms with Gasteiger partial charge in [-0.2, -0.15) is 13.2 Å². The smallest absolute Gasteiger partial charge is 0.394 e. The molecule has 0 aliphatic carbocycles. The van der Waals surface area contributed by atoms with Crippen LogP contribution in [0.2, 0.25) is 0 Å². The molecule has 160 valence electrons. The van der Waals surface area contributed by atoms with Crippen LogP contribution in [-0.4, -0.2) is 68.8 Å². The molecular weight excluding hydrogens is 397 g/mol. The number of aliphatic hydroxyl groups is 3. The zero-order valence-corrected chi connectivity index (χ0v) is 15.0. The number of rotatable bonds is 5. The van der Waals surface area contributed by atoms with Crippen molar-refractivity contribution in [2.24, 2.45) is 11.5 Å². The van der Waals surface area contributed by atoms with Gasteiger partial charge in [0.2, 0.25) is 5.91 Å². The van der Waals surface area contributed by atoms with Gasteiger partial charge in [0.15, 0.2) is 6.23 Å². The number of hydrogen-bond donors (Lipinski definition) is 5. The molecule has 1 aromatic rings. The van der Waals surface area contributed by atoms with Gasteiger partial charge >= 0.3 is 6.18 Å². The number of nitrogens with zero attached hydrogens (tertiary/aromatic N) is 2. The van der Waals surface area contributed by atoms with Gasteiger partial charge in [0.1, 0.15) is 30.2 Å². The van der Waals surface area contributed by atoms with E-state index in [0.29, 0.717) is 0 Å². The Bertz CT molecular complexity index is 788. The van der Waals surface area contributed by atoms with Crippen LogP contribution in [0.1, 0.15) is 17.2 Å². The van der Waals surface area contributed by atoms with Crippen LogP contribution in [0, 0.1) is 0 Å².